The number of hydrogen-bond acceptors (Lipinski definition) is 4. The van der Waals surface area contributed by atoms with Gasteiger partial charge in [-0.15, -0.1) is 0 Å². The summed E-state index contributed by atoms with van der Waals surface area (Å²) in [6.45, 7) is 2.41. The van der Waals surface area contributed by atoms with Crippen LogP contribution in [0.4, 0.5) is 0 Å². The third kappa shape index (κ3) is 4.02. The first kappa shape index (κ1) is 21.4. The molecule has 0 bridgehead atoms. The highest BCUT2D eigenvalue weighted by Crippen LogP contribution is 2.40. The lowest BCUT2D eigenvalue weighted by Gasteiger charge is -2.56. The molecule has 1 aromatic heterocycles. The van der Waals surface area contributed by atoms with Crippen molar-refractivity contribution in [3.8, 4) is 0 Å². The molecule has 3 fully saturated rings. The second-order valence-electron chi connectivity index (χ2n) is 9.32. The fraction of sp³-hybridized carbons (Fsp3) is 0.480. The molecular weight excluding hydrogens is 424 g/mol. The van der Waals surface area contributed by atoms with Crippen LogP contribution in [-0.4, -0.2) is 57.3 Å². The van der Waals surface area contributed by atoms with Crippen molar-refractivity contribution >= 4 is 23.4 Å². The summed E-state index contributed by atoms with van der Waals surface area (Å²) < 4.78 is 0. The van der Waals surface area contributed by atoms with Crippen LogP contribution >= 0.6 is 11.6 Å². The molecule has 0 unspecified atom stereocenters. The van der Waals surface area contributed by atoms with Crippen LogP contribution in [0.25, 0.3) is 0 Å². The van der Waals surface area contributed by atoms with Crippen LogP contribution in [0.1, 0.15) is 43.2 Å². The zero-order valence-electron chi connectivity index (χ0n) is 18.2. The van der Waals surface area contributed by atoms with Gasteiger partial charge in [-0.1, -0.05) is 29.8 Å². The summed E-state index contributed by atoms with van der Waals surface area (Å²) in [6.07, 6.45) is 8.44. The number of amides is 2. The molecular formula is C25H29ClN4O2. The van der Waals surface area contributed by atoms with E-state index in [-0.39, 0.29) is 17.9 Å². The molecule has 1 saturated carbocycles. The molecule has 6 nitrogen and oxygen atoms in total. The van der Waals surface area contributed by atoms with Crippen LogP contribution in [0.2, 0.25) is 5.02 Å². The number of rotatable bonds is 5. The van der Waals surface area contributed by atoms with Gasteiger partial charge in [0.1, 0.15) is 11.6 Å². The molecule has 2 amide bonds. The molecule has 3 aliphatic rings. The standard InChI is InChI=1S/C25H29ClN4O2/c26-20-8-6-18(7-9-20)17-29-13-10-25(11-14-29)24(32)28-22(15-19-3-2-12-27-16-19)23(31)30(25)21-4-1-5-21/h2-3,6-9,12,16,21-22H,1,4-5,10-11,13-15,17H2,(H,28,32)/t22-/m1/s1. The monoisotopic (exact) mass is 452 g/mol. The van der Waals surface area contributed by atoms with Crippen molar-refractivity contribution in [3.05, 3.63) is 64.9 Å². The molecule has 1 aromatic carbocycles. The molecule has 2 aromatic rings. The van der Waals surface area contributed by atoms with E-state index in [1.165, 1.54) is 5.56 Å². The topological polar surface area (TPSA) is 65.5 Å². The van der Waals surface area contributed by atoms with Crippen molar-refractivity contribution < 1.29 is 9.59 Å². The maximum Gasteiger partial charge on any atom is 0.246 e. The van der Waals surface area contributed by atoms with Crippen LogP contribution in [-0.2, 0) is 22.6 Å². The van der Waals surface area contributed by atoms with E-state index in [0.717, 1.165) is 49.5 Å². The minimum atomic E-state index is -0.718. The van der Waals surface area contributed by atoms with E-state index in [0.29, 0.717) is 19.3 Å². The molecule has 1 atom stereocenters. The predicted molar refractivity (Wildman–Crippen MR) is 123 cm³/mol. The van der Waals surface area contributed by atoms with E-state index in [1.54, 1.807) is 12.4 Å². The molecule has 7 heteroatoms. The van der Waals surface area contributed by atoms with Crippen LogP contribution in [0.3, 0.4) is 0 Å². The summed E-state index contributed by atoms with van der Waals surface area (Å²) in [5, 5.41) is 3.82. The van der Waals surface area contributed by atoms with Gasteiger partial charge in [0.15, 0.2) is 0 Å². The van der Waals surface area contributed by atoms with E-state index < -0.39 is 11.6 Å². The Balaban J connectivity index is 1.32. The van der Waals surface area contributed by atoms with E-state index in [4.69, 9.17) is 11.6 Å². The van der Waals surface area contributed by atoms with Crippen molar-refractivity contribution in [2.75, 3.05) is 13.1 Å². The number of piperazine rings is 1. The maximum atomic E-state index is 13.7. The van der Waals surface area contributed by atoms with Gasteiger partial charge in [0.05, 0.1) is 0 Å². The predicted octanol–water partition coefficient (Wildman–Crippen LogP) is 3.19. The molecule has 2 saturated heterocycles. The number of nitrogens with one attached hydrogen (secondary N) is 1. The van der Waals surface area contributed by atoms with Crippen molar-refractivity contribution in [3.63, 3.8) is 0 Å². The Morgan fingerprint density at radius 1 is 1.06 bits per heavy atom. The summed E-state index contributed by atoms with van der Waals surface area (Å²) in [5.74, 6) is 0.0911. The van der Waals surface area contributed by atoms with E-state index in [1.807, 2.05) is 41.3 Å². The summed E-state index contributed by atoms with van der Waals surface area (Å²) in [6, 6.07) is 11.4. The third-order valence-electron chi connectivity index (χ3n) is 7.33. The fourth-order valence-electron chi connectivity index (χ4n) is 5.31. The second-order valence-corrected chi connectivity index (χ2v) is 9.76. The zero-order chi connectivity index (χ0) is 22.1. The Labute approximate surface area is 193 Å². The van der Waals surface area contributed by atoms with Gasteiger partial charge in [0.25, 0.3) is 0 Å². The number of aromatic nitrogens is 1. The lowest BCUT2D eigenvalue weighted by Crippen LogP contribution is -2.75. The maximum absolute atomic E-state index is 13.7. The normalized spacial score (nSPS) is 23.8. The van der Waals surface area contributed by atoms with E-state index >= 15 is 0 Å². The summed E-state index contributed by atoms with van der Waals surface area (Å²) >= 11 is 6.01. The quantitative estimate of drug-likeness (QED) is 0.756. The Morgan fingerprint density at radius 2 is 1.81 bits per heavy atom. The number of halogens is 1. The largest absolute Gasteiger partial charge is 0.342 e. The molecule has 2 aliphatic heterocycles. The molecule has 5 rings (SSSR count). The Morgan fingerprint density at radius 3 is 2.44 bits per heavy atom. The molecule has 1 spiro atoms. The molecule has 1 N–H and O–H groups in total. The number of benzene rings is 1. The highest BCUT2D eigenvalue weighted by atomic mass is 35.5. The van der Waals surface area contributed by atoms with Gasteiger partial charge in [-0.05, 0) is 61.4 Å². The average molecular weight is 453 g/mol. The molecule has 3 heterocycles. The van der Waals surface area contributed by atoms with Gasteiger partial charge in [-0.2, -0.15) is 0 Å². The molecule has 168 valence electrons. The van der Waals surface area contributed by atoms with Gasteiger partial charge < -0.3 is 10.2 Å². The Kier molecular flexibility index (Phi) is 5.91. The second kappa shape index (κ2) is 8.83. The number of likely N-dealkylation sites (tertiary alicyclic amines) is 1. The highest BCUT2D eigenvalue weighted by molar-refractivity contribution is 6.30. The van der Waals surface area contributed by atoms with E-state index in [9.17, 15) is 9.59 Å². The van der Waals surface area contributed by atoms with Crippen LogP contribution in [0.15, 0.2) is 48.8 Å². The van der Waals surface area contributed by atoms with Crippen molar-refractivity contribution in [2.24, 2.45) is 0 Å². The van der Waals surface area contributed by atoms with Gasteiger partial charge in [0.2, 0.25) is 11.8 Å². The SMILES string of the molecule is O=C1[C@@H](Cc2cccnc2)NC(=O)C2(CCN(Cc3ccc(Cl)cc3)CC2)N1C1CCC1. The number of carbonyl (C=O) groups excluding carboxylic acids is 2. The lowest BCUT2D eigenvalue weighted by atomic mass is 9.77. The third-order valence-corrected chi connectivity index (χ3v) is 7.58. The van der Waals surface area contributed by atoms with Crippen molar-refractivity contribution in [2.45, 2.75) is 62.7 Å². The number of carbonyl (C=O) groups is 2. The average Bonchev–Trinajstić information content (AvgIpc) is 2.77. The molecule has 0 radical (unpaired) electrons. The summed E-state index contributed by atoms with van der Waals surface area (Å²) in [5.41, 5.74) is 1.46. The highest BCUT2D eigenvalue weighted by Gasteiger charge is 2.56. The Hall–Kier alpha value is -2.44. The molecule has 1 aliphatic carbocycles. The van der Waals surface area contributed by atoms with Gasteiger partial charge in [0, 0.05) is 49.5 Å². The summed E-state index contributed by atoms with van der Waals surface area (Å²) in [7, 11) is 0. The number of piperidine rings is 1. The van der Waals surface area contributed by atoms with Crippen molar-refractivity contribution in [1.82, 2.24) is 20.1 Å². The smallest absolute Gasteiger partial charge is 0.246 e. The summed E-state index contributed by atoms with van der Waals surface area (Å²) in [4.78, 5) is 35.7. The van der Waals surface area contributed by atoms with Gasteiger partial charge >= 0.3 is 0 Å². The Bertz CT molecular complexity index is 969. The van der Waals surface area contributed by atoms with Crippen LogP contribution in [0, 0.1) is 0 Å². The van der Waals surface area contributed by atoms with Gasteiger partial charge in [-0.25, -0.2) is 0 Å². The van der Waals surface area contributed by atoms with Gasteiger partial charge in [-0.3, -0.25) is 19.5 Å². The lowest BCUT2D eigenvalue weighted by molar-refractivity contribution is -0.168. The number of nitrogens with zero attached hydrogens (tertiary/aromatic N) is 3. The zero-order valence-corrected chi connectivity index (χ0v) is 18.9. The number of hydrogen-bond donors (Lipinski definition) is 1. The first-order valence-electron chi connectivity index (χ1n) is 11.5. The minimum absolute atomic E-state index is 0.0176. The molecule has 32 heavy (non-hydrogen) atoms. The van der Waals surface area contributed by atoms with Crippen LogP contribution < -0.4 is 5.32 Å². The van der Waals surface area contributed by atoms with Crippen molar-refractivity contribution in [1.29, 1.82) is 0 Å². The fourth-order valence-corrected chi connectivity index (χ4v) is 5.43. The van der Waals surface area contributed by atoms with E-state index in [2.05, 4.69) is 15.2 Å². The first-order chi connectivity index (χ1) is 15.5. The number of pyridine rings is 1. The van der Waals surface area contributed by atoms with Crippen LogP contribution in [0.5, 0.6) is 0 Å². The first-order valence-corrected chi connectivity index (χ1v) is 11.9. The minimum Gasteiger partial charge on any atom is -0.342 e.